The molecule has 0 aliphatic heterocycles. The van der Waals surface area contributed by atoms with E-state index in [1.54, 1.807) is 0 Å². The number of likely N-dealkylation sites (N-methyl/N-ethyl adjacent to an activating group) is 2. The highest BCUT2D eigenvalue weighted by atomic mass is 16.2. The second-order valence-corrected chi connectivity index (χ2v) is 6.96. The lowest BCUT2D eigenvalue weighted by Gasteiger charge is -2.25. The Bertz CT molecular complexity index is 822. The van der Waals surface area contributed by atoms with Crippen LogP contribution in [-0.2, 0) is 11.3 Å². The first-order chi connectivity index (χ1) is 13.9. The Balaban J connectivity index is 2.07. The normalized spacial score (nSPS) is 11.4. The molecule has 0 saturated heterocycles. The van der Waals surface area contributed by atoms with Gasteiger partial charge in [0, 0.05) is 38.6 Å². The molecule has 2 rings (SSSR count). The Morgan fingerprint density at radius 2 is 1.93 bits per heavy atom. The molecule has 0 atom stereocenters. The zero-order valence-electron chi connectivity index (χ0n) is 18.4. The molecule has 0 bridgehead atoms. The number of nitrogens with one attached hydrogen (secondary N) is 1. The number of aromatic nitrogens is 3. The third-order valence-electron chi connectivity index (χ3n) is 4.63. The van der Waals surface area contributed by atoms with Crippen LogP contribution in [0.5, 0.6) is 0 Å². The molecule has 2 aromatic rings. The van der Waals surface area contributed by atoms with Gasteiger partial charge in [0.25, 0.3) is 0 Å². The predicted molar refractivity (Wildman–Crippen MR) is 116 cm³/mol. The molecule has 8 heteroatoms. The van der Waals surface area contributed by atoms with Gasteiger partial charge in [0.2, 0.25) is 5.91 Å². The molecule has 0 aliphatic carbocycles. The molecule has 1 N–H and O–H groups in total. The first kappa shape index (κ1) is 22.4. The van der Waals surface area contributed by atoms with Crippen LogP contribution in [0.1, 0.15) is 37.7 Å². The van der Waals surface area contributed by atoms with Crippen molar-refractivity contribution in [3.05, 3.63) is 41.3 Å². The summed E-state index contributed by atoms with van der Waals surface area (Å²) in [5, 5.41) is 7.71. The molecule has 0 spiro atoms. The van der Waals surface area contributed by atoms with E-state index in [1.807, 2.05) is 80.5 Å². The van der Waals surface area contributed by atoms with Gasteiger partial charge in [-0.25, -0.2) is 14.7 Å². The molecular formula is C21H33N7O. The number of aryl methyl sites for hydroxylation is 2. The third kappa shape index (κ3) is 6.04. The van der Waals surface area contributed by atoms with Gasteiger partial charge in [-0.15, -0.1) is 0 Å². The Hall–Kier alpha value is -2.90. The number of hydrogen-bond donors (Lipinski definition) is 1. The number of carbonyl (C=O) groups excluding carboxylic acids is 1. The maximum Gasteiger partial charge on any atom is 0.242 e. The van der Waals surface area contributed by atoms with Crippen molar-refractivity contribution in [3.8, 4) is 5.82 Å². The second kappa shape index (κ2) is 10.6. The van der Waals surface area contributed by atoms with Crippen molar-refractivity contribution in [2.24, 2.45) is 4.99 Å². The second-order valence-electron chi connectivity index (χ2n) is 6.96. The van der Waals surface area contributed by atoms with Crippen molar-refractivity contribution < 1.29 is 4.79 Å². The Morgan fingerprint density at radius 3 is 2.45 bits per heavy atom. The fraction of sp³-hybridized carbons (Fsp3) is 0.524. The van der Waals surface area contributed by atoms with Gasteiger partial charge in [-0.3, -0.25) is 4.79 Å². The highest BCUT2D eigenvalue weighted by Gasteiger charge is 2.15. The van der Waals surface area contributed by atoms with Gasteiger partial charge in [-0.1, -0.05) is 6.07 Å². The summed E-state index contributed by atoms with van der Waals surface area (Å²) in [7, 11) is 1.88. The number of hydrogen-bond acceptors (Lipinski definition) is 4. The standard InChI is InChI=1S/C21H33N7O/c1-7-22-21(26(6)15-20(29)27(8-2)9-3)24-14-18-10-11-19(23-13-18)28-17(5)12-16(4)25-28/h10-13H,7-9,14-15H2,1-6H3,(H,22,24). The average Bonchev–Trinajstić information content (AvgIpc) is 3.04. The number of guanidine groups is 1. The quantitative estimate of drug-likeness (QED) is 0.544. The molecule has 1 amide bonds. The molecule has 0 unspecified atom stereocenters. The van der Waals surface area contributed by atoms with E-state index in [1.165, 1.54) is 0 Å². The summed E-state index contributed by atoms with van der Waals surface area (Å²) in [6.45, 7) is 12.9. The van der Waals surface area contributed by atoms with Crippen molar-refractivity contribution in [3.63, 3.8) is 0 Å². The molecule has 0 fully saturated rings. The van der Waals surface area contributed by atoms with Crippen LogP contribution >= 0.6 is 0 Å². The molecule has 0 aromatic carbocycles. The summed E-state index contributed by atoms with van der Waals surface area (Å²) in [4.78, 5) is 25.3. The van der Waals surface area contributed by atoms with E-state index < -0.39 is 0 Å². The topological polar surface area (TPSA) is 78.6 Å². The van der Waals surface area contributed by atoms with Crippen LogP contribution < -0.4 is 5.32 Å². The van der Waals surface area contributed by atoms with Gasteiger partial charge in [-0.2, -0.15) is 5.10 Å². The molecule has 0 radical (unpaired) electrons. The Morgan fingerprint density at radius 1 is 1.21 bits per heavy atom. The van der Waals surface area contributed by atoms with Gasteiger partial charge in [0.15, 0.2) is 11.8 Å². The molecular weight excluding hydrogens is 366 g/mol. The summed E-state index contributed by atoms with van der Waals surface area (Å²) in [5.41, 5.74) is 3.01. The van der Waals surface area contributed by atoms with E-state index in [9.17, 15) is 4.79 Å². The smallest absolute Gasteiger partial charge is 0.242 e. The minimum atomic E-state index is 0.0963. The molecule has 0 saturated carbocycles. The summed E-state index contributed by atoms with van der Waals surface area (Å²) >= 11 is 0. The van der Waals surface area contributed by atoms with Crippen molar-refractivity contribution in [2.45, 2.75) is 41.2 Å². The highest BCUT2D eigenvalue weighted by Crippen LogP contribution is 2.11. The fourth-order valence-electron chi connectivity index (χ4n) is 3.09. The van der Waals surface area contributed by atoms with E-state index in [0.29, 0.717) is 32.1 Å². The number of pyridine rings is 1. The van der Waals surface area contributed by atoms with Crippen LogP contribution in [0.2, 0.25) is 0 Å². The molecule has 8 nitrogen and oxygen atoms in total. The first-order valence-corrected chi connectivity index (χ1v) is 10.1. The average molecular weight is 400 g/mol. The lowest BCUT2D eigenvalue weighted by molar-refractivity contribution is -0.131. The van der Waals surface area contributed by atoms with Crippen molar-refractivity contribution >= 4 is 11.9 Å². The fourth-order valence-corrected chi connectivity index (χ4v) is 3.09. The van der Waals surface area contributed by atoms with Crippen LogP contribution in [0.3, 0.4) is 0 Å². The molecule has 29 heavy (non-hydrogen) atoms. The van der Waals surface area contributed by atoms with Crippen LogP contribution in [0.4, 0.5) is 0 Å². The van der Waals surface area contributed by atoms with E-state index in [2.05, 4.69) is 20.4 Å². The number of amides is 1. The predicted octanol–water partition coefficient (Wildman–Crippen LogP) is 2.15. The van der Waals surface area contributed by atoms with E-state index >= 15 is 0 Å². The maximum atomic E-state index is 12.4. The third-order valence-corrected chi connectivity index (χ3v) is 4.63. The minimum Gasteiger partial charge on any atom is -0.357 e. The highest BCUT2D eigenvalue weighted by molar-refractivity contribution is 5.86. The van der Waals surface area contributed by atoms with E-state index in [4.69, 9.17) is 0 Å². The zero-order valence-corrected chi connectivity index (χ0v) is 18.4. The van der Waals surface area contributed by atoms with E-state index in [0.717, 1.165) is 29.3 Å². The number of aliphatic imine (C=N–C) groups is 1. The number of carbonyl (C=O) groups is 1. The van der Waals surface area contributed by atoms with Gasteiger partial charge in [0.05, 0.1) is 18.8 Å². The van der Waals surface area contributed by atoms with Crippen LogP contribution in [0, 0.1) is 13.8 Å². The monoisotopic (exact) mass is 399 g/mol. The minimum absolute atomic E-state index is 0.0963. The largest absolute Gasteiger partial charge is 0.357 e. The summed E-state index contributed by atoms with van der Waals surface area (Å²) in [6.07, 6.45) is 1.82. The maximum absolute atomic E-state index is 12.4. The van der Waals surface area contributed by atoms with Gasteiger partial charge in [-0.05, 0) is 52.3 Å². The van der Waals surface area contributed by atoms with Crippen LogP contribution in [0.15, 0.2) is 29.4 Å². The lowest BCUT2D eigenvalue weighted by atomic mass is 10.3. The molecule has 0 aliphatic rings. The zero-order chi connectivity index (χ0) is 21.4. The SMILES string of the molecule is CCNC(=NCc1ccc(-n2nc(C)cc2C)nc1)N(C)CC(=O)N(CC)CC. The van der Waals surface area contributed by atoms with Gasteiger partial charge in [0.1, 0.15) is 0 Å². The lowest BCUT2D eigenvalue weighted by Crippen LogP contribution is -2.45. The van der Waals surface area contributed by atoms with Crippen LogP contribution in [0.25, 0.3) is 5.82 Å². The van der Waals surface area contributed by atoms with Crippen molar-refractivity contribution in [1.82, 2.24) is 29.9 Å². The molecule has 158 valence electrons. The Kier molecular flexibility index (Phi) is 8.18. The Labute approximate surface area is 173 Å². The molecule has 2 aromatic heterocycles. The van der Waals surface area contributed by atoms with Gasteiger partial charge >= 0.3 is 0 Å². The van der Waals surface area contributed by atoms with Crippen LogP contribution in [-0.4, -0.2) is 69.7 Å². The first-order valence-electron chi connectivity index (χ1n) is 10.1. The summed E-state index contributed by atoms with van der Waals surface area (Å²) < 4.78 is 1.83. The van der Waals surface area contributed by atoms with E-state index in [-0.39, 0.29) is 5.91 Å². The number of nitrogens with zero attached hydrogens (tertiary/aromatic N) is 6. The number of rotatable bonds is 8. The molecule has 2 heterocycles. The van der Waals surface area contributed by atoms with Crippen molar-refractivity contribution in [1.29, 1.82) is 0 Å². The summed E-state index contributed by atoms with van der Waals surface area (Å²) in [5.74, 6) is 1.59. The summed E-state index contributed by atoms with van der Waals surface area (Å²) in [6, 6.07) is 5.98. The van der Waals surface area contributed by atoms with Crippen molar-refractivity contribution in [2.75, 3.05) is 33.2 Å². The van der Waals surface area contributed by atoms with Gasteiger partial charge < -0.3 is 15.1 Å².